The van der Waals surface area contributed by atoms with Crippen molar-refractivity contribution in [1.29, 1.82) is 0 Å². The van der Waals surface area contributed by atoms with Crippen LogP contribution in [0.4, 0.5) is 14.5 Å². The quantitative estimate of drug-likeness (QED) is 0.940. The van der Waals surface area contributed by atoms with Gasteiger partial charge in [-0.3, -0.25) is 9.78 Å². The fraction of sp³-hybridized carbons (Fsp3) is 0.143. The number of amides is 1. The molecule has 0 aliphatic heterocycles. The highest BCUT2D eigenvalue weighted by atomic mass is 35.5. The number of pyridine rings is 1. The second-order valence-corrected chi connectivity index (χ2v) is 4.50. The Balaban J connectivity index is 2.19. The Hall–Kier alpha value is -2.21. The van der Waals surface area contributed by atoms with Crippen LogP contribution in [0, 0.1) is 0 Å². The summed E-state index contributed by atoms with van der Waals surface area (Å²) in [6.07, 6.45) is 1.20. The monoisotopic (exact) mass is 312 g/mol. The lowest BCUT2D eigenvalue weighted by Gasteiger charge is -2.15. The van der Waals surface area contributed by atoms with E-state index in [0.29, 0.717) is 5.75 Å². The molecule has 0 bridgehead atoms. The molecule has 0 saturated heterocycles. The van der Waals surface area contributed by atoms with E-state index < -0.39 is 17.5 Å². The zero-order chi connectivity index (χ0) is 15.5. The number of nitrogens with zero attached hydrogens (tertiary/aromatic N) is 1. The van der Waals surface area contributed by atoms with Crippen LogP contribution in [-0.4, -0.2) is 18.0 Å². The number of aromatic nitrogens is 1. The van der Waals surface area contributed by atoms with Gasteiger partial charge in [0, 0.05) is 11.9 Å². The molecular formula is C14H11ClF2N2O2. The number of nitrogens with one attached hydrogen (secondary N) is 1. The second kappa shape index (κ2) is 6.05. The van der Waals surface area contributed by atoms with Gasteiger partial charge in [0.15, 0.2) is 0 Å². The molecule has 1 amide bonds. The number of carbonyl (C=O) groups excluding carboxylic acids is 1. The Morgan fingerprint density at radius 3 is 2.67 bits per heavy atom. The molecule has 0 saturated carbocycles. The third-order valence-electron chi connectivity index (χ3n) is 2.68. The average molecular weight is 313 g/mol. The summed E-state index contributed by atoms with van der Waals surface area (Å²) < 4.78 is 32.8. The standard InChI is InChI=1S/C14H11ClF2N2O2/c1-21-11-6-5-9(8-10(11)15)19-13(20)14(16,17)12-4-2-3-7-18-12/h2-8H,1H3,(H,19,20). The summed E-state index contributed by atoms with van der Waals surface area (Å²) in [5, 5.41) is 2.31. The van der Waals surface area contributed by atoms with E-state index in [1.807, 2.05) is 0 Å². The van der Waals surface area contributed by atoms with Gasteiger partial charge in [0.1, 0.15) is 11.4 Å². The molecule has 1 aromatic carbocycles. The fourth-order valence-electron chi connectivity index (χ4n) is 1.62. The molecule has 2 aromatic rings. The molecule has 0 radical (unpaired) electrons. The summed E-state index contributed by atoms with van der Waals surface area (Å²) in [5.41, 5.74) is -0.483. The van der Waals surface area contributed by atoms with Crippen LogP contribution in [0.1, 0.15) is 5.69 Å². The second-order valence-electron chi connectivity index (χ2n) is 4.09. The van der Waals surface area contributed by atoms with Crippen molar-refractivity contribution in [3.63, 3.8) is 0 Å². The number of benzene rings is 1. The molecule has 1 aromatic heterocycles. The van der Waals surface area contributed by atoms with Gasteiger partial charge in [-0.1, -0.05) is 17.7 Å². The number of ether oxygens (including phenoxy) is 1. The summed E-state index contributed by atoms with van der Waals surface area (Å²) in [6, 6.07) is 8.16. The van der Waals surface area contributed by atoms with E-state index in [1.54, 1.807) is 0 Å². The van der Waals surface area contributed by atoms with Crippen LogP contribution in [0.25, 0.3) is 0 Å². The van der Waals surface area contributed by atoms with Crippen molar-refractivity contribution >= 4 is 23.2 Å². The average Bonchev–Trinajstić information content (AvgIpc) is 2.48. The lowest BCUT2D eigenvalue weighted by molar-refractivity contribution is -0.141. The van der Waals surface area contributed by atoms with Crippen LogP contribution in [0.3, 0.4) is 0 Å². The highest BCUT2D eigenvalue weighted by Gasteiger charge is 2.42. The first-order valence-corrected chi connectivity index (χ1v) is 6.27. The lowest BCUT2D eigenvalue weighted by atomic mass is 10.2. The highest BCUT2D eigenvalue weighted by Crippen LogP contribution is 2.30. The third kappa shape index (κ3) is 3.28. The van der Waals surface area contributed by atoms with Crippen LogP contribution in [0.5, 0.6) is 5.75 Å². The number of alkyl halides is 2. The normalized spacial score (nSPS) is 11.0. The van der Waals surface area contributed by atoms with E-state index in [0.717, 1.165) is 6.07 Å². The predicted molar refractivity (Wildman–Crippen MR) is 74.8 cm³/mol. The molecule has 0 spiro atoms. The Kier molecular flexibility index (Phi) is 4.37. The number of rotatable bonds is 4. The van der Waals surface area contributed by atoms with E-state index in [-0.39, 0.29) is 10.7 Å². The molecule has 21 heavy (non-hydrogen) atoms. The van der Waals surface area contributed by atoms with E-state index in [9.17, 15) is 13.6 Å². The zero-order valence-corrected chi connectivity index (χ0v) is 11.7. The molecule has 2 rings (SSSR count). The highest BCUT2D eigenvalue weighted by molar-refractivity contribution is 6.32. The number of halogens is 3. The molecule has 1 heterocycles. The van der Waals surface area contributed by atoms with Crippen LogP contribution in [-0.2, 0) is 10.7 Å². The van der Waals surface area contributed by atoms with Crippen molar-refractivity contribution in [2.24, 2.45) is 0 Å². The smallest absolute Gasteiger partial charge is 0.366 e. The van der Waals surface area contributed by atoms with Gasteiger partial charge in [0.2, 0.25) is 0 Å². The summed E-state index contributed by atoms with van der Waals surface area (Å²) in [5.74, 6) is -4.85. The number of hydrogen-bond donors (Lipinski definition) is 1. The van der Waals surface area contributed by atoms with E-state index >= 15 is 0 Å². The van der Waals surface area contributed by atoms with Gasteiger partial charge in [-0.05, 0) is 30.3 Å². The summed E-state index contributed by atoms with van der Waals surface area (Å²) in [4.78, 5) is 15.2. The van der Waals surface area contributed by atoms with Crippen LogP contribution in [0.15, 0.2) is 42.6 Å². The molecular weight excluding hydrogens is 302 g/mol. The Bertz CT molecular complexity index is 651. The SMILES string of the molecule is COc1ccc(NC(=O)C(F)(F)c2ccccn2)cc1Cl. The van der Waals surface area contributed by atoms with E-state index in [4.69, 9.17) is 16.3 Å². The topological polar surface area (TPSA) is 51.2 Å². The first-order chi connectivity index (χ1) is 9.95. The number of anilines is 1. The first-order valence-electron chi connectivity index (χ1n) is 5.89. The van der Waals surface area contributed by atoms with Gasteiger partial charge < -0.3 is 10.1 Å². The number of hydrogen-bond acceptors (Lipinski definition) is 3. The van der Waals surface area contributed by atoms with E-state index in [2.05, 4.69) is 10.3 Å². The fourth-order valence-corrected chi connectivity index (χ4v) is 1.88. The molecule has 0 atom stereocenters. The lowest BCUT2D eigenvalue weighted by Crippen LogP contribution is -2.33. The maximum atomic E-state index is 13.9. The maximum absolute atomic E-state index is 13.9. The van der Waals surface area contributed by atoms with E-state index in [1.165, 1.54) is 43.6 Å². The largest absolute Gasteiger partial charge is 0.495 e. The zero-order valence-electron chi connectivity index (χ0n) is 10.9. The van der Waals surface area contributed by atoms with Crippen LogP contribution < -0.4 is 10.1 Å². The van der Waals surface area contributed by atoms with Crippen molar-refractivity contribution in [3.8, 4) is 5.75 Å². The minimum absolute atomic E-state index is 0.140. The Morgan fingerprint density at radius 1 is 1.33 bits per heavy atom. The minimum Gasteiger partial charge on any atom is -0.495 e. The van der Waals surface area contributed by atoms with Gasteiger partial charge in [-0.2, -0.15) is 8.78 Å². The summed E-state index contributed by atoms with van der Waals surface area (Å²) in [6.45, 7) is 0. The van der Waals surface area contributed by atoms with Crippen molar-refractivity contribution in [2.45, 2.75) is 5.92 Å². The van der Waals surface area contributed by atoms with Gasteiger partial charge in [-0.25, -0.2) is 0 Å². The van der Waals surface area contributed by atoms with Gasteiger partial charge >= 0.3 is 11.8 Å². The van der Waals surface area contributed by atoms with Gasteiger partial charge in [0.05, 0.1) is 12.1 Å². The molecule has 0 fully saturated rings. The molecule has 0 aliphatic rings. The molecule has 7 heteroatoms. The maximum Gasteiger partial charge on any atom is 0.366 e. The van der Waals surface area contributed by atoms with Gasteiger partial charge in [0.25, 0.3) is 0 Å². The predicted octanol–water partition coefficient (Wildman–Crippen LogP) is 3.47. The van der Waals surface area contributed by atoms with Crippen molar-refractivity contribution in [1.82, 2.24) is 4.98 Å². The molecule has 4 nitrogen and oxygen atoms in total. The third-order valence-corrected chi connectivity index (χ3v) is 2.98. The first kappa shape index (κ1) is 15.2. The van der Waals surface area contributed by atoms with Crippen molar-refractivity contribution < 1.29 is 18.3 Å². The molecule has 110 valence electrons. The molecule has 0 unspecified atom stereocenters. The molecule has 0 aliphatic carbocycles. The minimum atomic E-state index is -3.74. The van der Waals surface area contributed by atoms with Gasteiger partial charge in [-0.15, -0.1) is 0 Å². The summed E-state index contributed by atoms with van der Waals surface area (Å²) in [7, 11) is 1.43. The number of carbonyl (C=O) groups is 1. The Morgan fingerprint density at radius 2 is 2.10 bits per heavy atom. The summed E-state index contributed by atoms with van der Waals surface area (Å²) >= 11 is 5.87. The Labute approximate surface area is 124 Å². The van der Waals surface area contributed by atoms with Crippen LogP contribution >= 0.6 is 11.6 Å². The van der Waals surface area contributed by atoms with Crippen molar-refractivity contribution in [3.05, 3.63) is 53.3 Å². The van der Waals surface area contributed by atoms with Crippen molar-refractivity contribution in [2.75, 3.05) is 12.4 Å². The number of methoxy groups -OCH3 is 1. The van der Waals surface area contributed by atoms with Crippen LogP contribution in [0.2, 0.25) is 5.02 Å². The molecule has 1 N–H and O–H groups in total.